The molecule has 4 heteroatoms. The van der Waals surface area contributed by atoms with Crippen molar-refractivity contribution < 1.29 is 9.90 Å². The highest BCUT2D eigenvalue weighted by atomic mass is 16.3. The molecule has 22 heavy (non-hydrogen) atoms. The summed E-state index contributed by atoms with van der Waals surface area (Å²) in [6, 6.07) is 9.76. The number of amidine groups is 1. The molecule has 1 aromatic carbocycles. The summed E-state index contributed by atoms with van der Waals surface area (Å²) in [5.41, 5.74) is 1.07. The van der Waals surface area contributed by atoms with E-state index in [2.05, 4.69) is 4.99 Å². The third-order valence-corrected chi connectivity index (χ3v) is 4.31. The van der Waals surface area contributed by atoms with Gasteiger partial charge in [-0.1, -0.05) is 35.9 Å². The van der Waals surface area contributed by atoms with Crippen LogP contribution in [0.3, 0.4) is 0 Å². The Hall–Kier alpha value is -2.20. The number of carbonyl (C=O) groups excluding carboxylic acids is 1. The topological polar surface area (TPSA) is 52.9 Å². The largest absolute Gasteiger partial charge is 0.374 e. The highest BCUT2D eigenvalue weighted by molar-refractivity contribution is 6.25. The molecule has 0 saturated carbocycles. The molecule has 2 aliphatic heterocycles. The highest BCUT2D eigenvalue weighted by Gasteiger charge is 2.51. The molecule has 0 amide bonds. The Morgan fingerprint density at radius 1 is 1.36 bits per heavy atom. The van der Waals surface area contributed by atoms with Crippen molar-refractivity contribution in [2.75, 3.05) is 18.0 Å². The molecule has 1 atom stereocenters. The average molecular weight is 296 g/mol. The summed E-state index contributed by atoms with van der Waals surface area (Å²) in [5.74, 6) is 0.274. The average Bonchev–Trinajstić information content (AvgIpc) is 2.89. The molecule has 1 aromatic rings. The zero-order chi connectivity index (χ0) is 15.7. The number of aliphatic hydroxyl groups is 1. The summed E-state index contributed by atoms with van der Waals surface area (Å²) in [6.45, 7) is 4.79. The van der Waals surface area contributed by atoms with Crippen molar-refractivity contribution >= 4 is 17.3 Å². The molecule has 0 aliphatic carbocycles. The fourth-order valence-electron chi connectivity index (χ4n) is 2.97. The molecule has 1 N–H and O–H groups in total. The number of fused-ring (bicyclic) bond motifs is 1. The van der Waals surface area contributed by atoms with Crippen molar-refractivity contribution in [3.05, 3.63) is 53.6 Å². The number of ketones is 1. The Kier molecular flexibility index (Phi) is 3.71. The van der Waals surface area contributed by atoms with Crippen LogP contribution in [0.4, 0.5) is 5.69 Å². The van der Waals surface area contributed by atoms with Gasteiger partial charge in [0.05, 0.1) is 6.54 Å². The summed E-state index contributed by atoms with van der Waals surface area (Å²) in [5, 5.41) is 10.9. The van der Waals surface area contributed by atoms with Gasteiger partial charge in [-0.15, -0.1) is 0 Å². The summed E-state index contributed by atoms with van der Waals surface area (Å²) >= 11 is 0. The second kappa shape index (κ2) is 5.54. The van der Waals surface area contributed by atoms with E-state index in [4.69, 9.17) is 0 Å². The maximum absolute atomic E-state index is 12.7. The first-order valence-corrected chi connectivity index (χ1v) is 7.54. The monoisotopic (exact) mass is 296 g/mol. The molecule has 0 bridgehead atoms. The standard InChI is InChI=1S/C18H20N2O2/c1-3-13(2)11-14-12-19-17-18(22,16(14)21)9-10-20(17)15-7-5-4-6-8-15/h3-8,11,22H,9-10,12H2,1-2H3/b13-3+,14-11-. The van der Waals surface area contributed by atoms with Crippen LogP contribution >= 0.6 is 0 Å². The second-order valence-electron chi connectivity index (χ2n) is 5.77. The molecule has 2 heterocycles. The number of hydrogen-bond acceptors (Lipinski definition) is 4. The fraction of sp³-hybridized carbons (Fsp3) is 0.333. The predicted octanol–water partition coefficient (Wildman–Crippen LogP) is 2.50. The number of rotatable bonds is 2. The van der Waals surface area contributed by atoms with Crippen LogP contribution in [-0.4, -0.2) is 35.4 Å². The van der Waals surface area contributed by atoms with E-state index < -0.39 is 5.60 Å². The van der Waals surface area contributed by atoms with Gasteiger partial charge in [0.15, 0.2) is 11.4 Å². The van der Waals surface area contributed by atoms with E-state index in [9.17, 15) is 9.90 Å². The lowest BCUT2D eigenvalue weighted by atomic mass is 9.87. The van der Waals surface area contributed by atoms with Gasteiger partial charge < -0.3 is 10.0 Å². The van der Waals surface area contributed by atoms with E-state index in [1.54, 1.807) is 0 Å². The second-order valence-corrected chi connectivity index (χ2v) is 5.77. The quantitative estimate of drug-likeness (QED) is 0.853. The van der Waals surface area contributed by atoms with E-state index in [-0.39, 0.29) is 5.78 Å². The summed E-state index contributed by atoms with van der Waals surface area (Å²) in [6.07, 6.45) is 4.14. The number of para-hydroxylation sites is 1. The first kappa shape index (κ1) is 14.7. The molecular formula is C18H20N2O2. The minimum Gasteiger partial charge on any atom is -0.374 e. The minimum absolute atomic E-state index is 0.211. The zero-order valence-corrected chi connectivity index (χ0v) is 12.9. The Bertz CT molecular complexity index is 688. The van der Waals surface area contributed by atoms with Gasteiger partial charge in [0.25, 0.3) is 0 Å². The number of carbonyl (C=O) groups is 1. The van der Waals surface area contributed by atoms with Gasteiger partial charge in [0, 0.05) is 24.2 Å². The van der Waals surface area contributed by atoms with E-state index in [1.807, 2.05) is 61.2 Å². The van der Waals surface area contributed by atoms with Gasteiger partial charge in [0.1, 0.15) is 5.84 Å². The van der Waals surface area contributed by atoms with Crippen LogP contribution in [0.25, 0.3) is 0 Å². The molecule has 2 aliphatic rings. The van der Waals surface area contributed by atoms with Gasteiger partial charge in [-0.2, -0.15) is 0 Å². The normalized spacial score (nSPS) is 27.1. The molecular weight excluding hydrogens is 276 g/mol. The number of anilines is 1. The fourth-order valence-corrected chi connectivity index (χ4v) is 2.97. The Labute approximate surface area is 130 Å². The van der Waals surface area contributed by atoms with Crippen molar-refractivity contribution in [3.63, 3.8) is 0 Å². The Balaban J connectivity index is 1.98. The van der Waals surface area contributed by atoms with E-state index in [0.29, 0.717) is 30.9 Å². The van der Waals surface area contributed by atoms with E-state index >= 15 is 0 Å². The lowest BCUT2D eigenvalue weighted by Crippen LogP contribution is -2.50. The van der Waals surface area contributed by atoms with Crippen LogP contribution in [0.2, 0.25) is 0 Å². The molecule has 1 saturated heterocycles. The SMILES string of the molecule is C/C=C(C)/C=C1/CN=C2N(c3ccccc3)CCC2(O)C1=O. The van der Waals surface area contributed by atoms with Crippen molar-refractivity contribution in [3.8, 4) is 0 Å². The number of benzene rings is 1. The Morgan fingerprint density at radius 2 is 2.09 bits per heavy atom. The first-order valence-electron chi connectivity index (χ1n) is 7.54. The van der Waals surface area contributed by atoms with Crippen LogP contribution in [-0.2, 0) is 4.79 Å². The zero-order valence-electron chi connectivity index (χ0n) is 12.9. The maximum Gasteiger partial charge on any atom is 0.200 e. The van der Waals surface area contributed by atoms with E-state index in [0.717, 1.165) is 11.3 Å². The van der Waals surface area contributed by atoms with Crippen molar-refractivity contribution in [1.82, 2.24) is 0 Å². The number of allylic oxidation sites excluding steroid dienone is 3. The van der Waals surface area contributed by atoms with Gasteiger partial charge in [-0.25, -0.2) is 0 Å². The van der Waals surface area contributed by atoms with Gasteiger partial charge in [0.2, 0.25) is 0 Å². The van der Waals surface area contributed by atoms with Crippen LogP contribution in [0.1, 0.15) is 20.3 Å². The van der Waals surface area contributed by atoms with Crippen LogP contribution in [0.15, 0.2) is 58.6 Å². The molecule has 0 radical (unpaired) electrons. The first-order chi connectivity index (χ1) is 10.6. The van der Waals surface area contributed by atoms with Crippen LogP contribution < -0.4 is 4.90 Å². The van der Waals surface area contributed by atoms with Gasteiger partial charge >= 0.3 is 0 Å². The lowest BCUT2D eigenvalue weighted by Gasteiger charge is -2.30. The van der Waals surface area contributed by atoms with Crippen molar-refractivity contribution in [2.24, 2.45) is 4.99 Å². The molecule has 1 fully saturated rings. The summed E-state index contributed by atoms with van der Waals surface area (Å²) < 4.78 is 0. The third-order valence-electron chi connectivity index (χ3n) is 4.31. The molecule has 0 spiro atoms. The molecule has 0 aromatic heterocycles. The number of Topliss-reactive ketones (excluding diaryl/α,β-unsaturated/α-hetero) is 1. The van der Waals surface area contributed by atoms with Crippen LogP contribution in [0, 0.1) is 0 Å². The van der Waals surface area contributed by atoms with Crippen LogP contribution in [0.5, 0.6) is 0 Å². The molecule has 4 nitrogen and oxygen atoms in total. The smallest absolute Gasteiger partial charge is 0.200 e. The van der Waals surface area contributed by atoms with Gasteiger partial charge in [-0.3, -0.25) is 9.79 Å². The predicted molar refractivity (Wildman–Crippen MR) is 88.2 cm³/mol. The van der Waals surface area contributed by atoms with Crippen molar-refractivity contribution in [2.45, 2.75) is 25.9 Å². The maximum atomic E-state index is 12.7. The molecule has 114 valence electrons. The number of aliphatic imine (C=N–C) groups is 1. The minimum atomic E-state index is -1.48. The summed E-state index contributed by atoms with van der Waals surface area (Å²) in [7, 11) is 0. The highest BCUT2D eigenvalue weighted by Crippen LogP contribution is 2.34. The lowest BCUT2D eigenvalue weighted by molar-refractivity contribution is -0.127. The molecule has 1 unspecified atom stereocenters. The number of nitrogens with zero attached hydrogens (tertiary/aromatic N) is 2. The third kappa shape index (κ3) is 2.29. The van der Waals surface area contributed by atoms with Crippen molar-refractivity contribution in [1.29, 1.82) is 0 Å². The number of hydrogen-bond donors (Lipinski definition) is 1. The molecule has 3 rings (SSSR count). The Morgan fingerprint density at radius 3 is 2.77 bits per heavy atom. The summed E-state index contributed by atoms with van der Waals surface area (Å²) in [4.78, 5) is 19.2. The van der Waals surface area contributed by atoms with Gasteiger partial charge in [-0.05, 0) is 26.0 Å². The van der Waals surface area contributed by atoms with E-state index in [1.165, 1.54) is 0 Å².